The molecule has 0 saturated heterocycles. The van der Waals surface area contributed by atoms with Gasteiger partial charge in [-0.15, -0.1) is 0 Å². The van der Waals surface area contributed by atoms with Gasteiger partial charge in [-0.05, 0) is 61.0 Å². The Morgan fingerprint density at radius 2 is 1.91 bits per heavy atom. The predicted octanol–water partition coefficient (Wildman–Crippen LogP) is 4.79. The van der Waals surface area contributed by atoms with Gasteiger partial charge in [0.05, 0.1) is 18.7 Å². The van der Waals surface area contributed by atoms with E-state index in [-0.39, 0.29) is 12.8 Å². The molecule has 2 aromatic carbocycles. The molecule has 0 fully saturated rings. The molecule has 2 aliphatic heterocycles. The van der Waals surface area contributed by atoms with Crippen LogP contribution in [0.15, 0.2) is 52.7 Å². The second-order valence-electron chi connectivity index (χ2n) is 8.65. The fraction of sp³-hybridized carbons (Fsp3) is 0.320. The Bertz CT molecular complexity index is 1250. The van der Waals surface area contributed by atoms with Crippen molar-refractivity contribution < 1.29 is 18.7 Å². The van der Waals surface area contributed by atoms with Crippen LogP contribution >= 0.6 is 12.2 Å². The SMILES string of the molecule is COc1ccc(C2NC(=S)N(CC(C)C)C(C)=C2c2nc(-c3ccc4c(c3)OCO4)no2)cc1. The van der Waals surface area contributed by atoms with Crippen LogP contribution in [0.4, 0.5) is 0 Å². The lowest BCUT2D eigenvalue weighted by Gasteiger charge is -2.38. The average molecular weight is 479 g/mol. The highest BCUT2D eigenvalue weighted by molar-refractivity contribution is 7.80. The van der Waals surface area contributed by atoms with Crippen molar-refractivity contribution in [3.05, 3.63) is 59.6 Å². The van der Waals surface area contributed by atoms with E-state index in [0.29, 0.717) is 34.2 Å². The highest BCUT2D eigenvalue weighted by Crippen LogP contribution is 2.39. The molecule has 0 saturated carbocycles. The maximum absolute atomic E-state index is 5.81. The third kappa shape index (κ3) is 4.07. The van der Waals surface area contributed by atoms with E-state index in [9.17, 15) is 0 Å². The minimum atomic E-state index is -0.244. The third-order valence-corrected chi connectivity index (χ3v) is 6.22. The molecule has 9 heteroatoms. The Balaban J connectivity index is 1.57. The minimum Gasteiger partial charge on any atom is -0.497 e. The standard InChI is InChI=1S/C25H26N4O4S/c1-14(2)12-29-15(3)21(22(26-25(29)34)16-5-8-18(30-4)9-6-16)24-27-23(28-33-24)17-7-10-19-20(11-17)32-13-31-19/h5-11,14,22H,12-13H2,1-4H3,(H,26,34). The Morgan fingerprint density at radius 1 is 1.15 bits per heavy atom. The number of nitrogens with zero attached hydrogens (tertiary/aromatic N) is 3. The molecule has 34 heavy (non-hydrogen) atoms. The van der Waals surface area contributed by atoms with Crippen molar-refractivity contribution in [1.82, 2.24) is 20.4 Å². The quantitative estimate of drug-likeness (QED) is 0.503. The maximum atomic E-state index is 5.81. The van der Waals surface area contributed by atoms with Crippen LogP contribution in [0.2, 0.25) is 0 Å². The van der Waals surface area contributed by atoms with E-state index in [4.69, 9.17) is 35.9 Å². The van der Waals surface area contributed by atoms with Crippen LogP contribution in [0, 0.1) is 5.92 Å². The number of benzene rings is 2. The van der Waals surface area contributed by atoms with Crippen molar-refractivity contribution in [3.63, 3.8) is 0 Å². The molecule has 1 N–H and O–H groups in total. The number of rotatable bonds is 6. The van der Waals surface area contributed by atoms with E-state index in [1.54, 1.807) is 7.11 Å². The van der Waals surface area contributed by atoms with Gasteiger partial charge in [-0.1, -0.05) is 31.1 Å². The number of fused-ring (bicyclic) bond motifs is 1. The monoisotopic (exact) mass is 478 g/mol. The van der Waals surface area contributed by atoms with Crippen LogP contribution in [0.3, 0.4) is 0 Å². The molecule has 1 atom stereocenters. The van der Waals surface area contributed by atoms with Crippen molar-refractivity contribution in [3.8, 4) is 28.6 Å². The summed E-state index contributed by atoms with van der Waals surface area (Å²) in [6, 6.07) is 13.2. The van der Waals surface area contributed by atoms with Gasteiger partial charge in [0.2, 0.25) is 12.6 Å². The summed E-state index contributed by atoms with van der Waals surface area (Å²) >= 11 is 5.74. The molecule has 0 aliphatic carbocycles. The van der Waals surface area contributed by atoms with Crippen LogP contribution < -0.4 is 19.5 Å². The zero-order valence-corrected chi connectivity index (χ0v) is 20.3. The number of aromatic nitrogens is 2. The molecule has 2 aliphatic rings. The maximum Gasteiger partial charge on any atom is 0.258 e. The van der Waals surface area contributed by atoms with Crippen molar-refractivity contribution in [2.24, 2.45) is 5.92 Å². The molecular weight excluding hydrogens is 452 g/mol. The highest BCUT2D eigenvalue weighted by Gasteiger charge is 2.34. The summed E-state index contributed by atoms with van der Waals surface area (Å²) in [6.07, 6.45) is 0. The molecule has 0 spiro atoms. The van der Waals surface area contributed by atoms with E-state index in [0.717, 1.165) is 34.7 Å². The van der Waals surface area contributed by atoms with Gasteiger partial charge in [0.15, 0.2) is 16.6 Å². The summed E-state index contributed by atoms with van der Waals surface area (Å²) in [7, 11) is 1.65. The van der Waals surface area contributed by atoms with Gasteiger partial charge in [0, 0.05) is 17.8 Å². The van der Waals surface area contributed by atoms with Gasteiger partial charge in [-0.25, -0.2) is 0 Å². The summed E-state index contributed by atoms with van der Waals surface area (Å²) < 4.78 is 22.0. The topological polar surface area (TPSA) is 81.9 Å². The van der Waals surface area contributed by atoms with E-state index >= 15 is 0 Å². The zero-order chi connectivity index (χ0) is 23.8. The molecule has 0 radical (unpaired) electrons. The predicted molar refractivity (Wildman–Crippen MR) is 131 cm³/mol. The van der Waals surface area contributed by atoms with Crippen LogP contribution in [0.5, 0.6) is 17.2 Å². The number of hydrogen-bond acceptors (Lipinski definition) is 7. The first kappa shape index (κ1) is 22.2. The number of hydrogen-bond donors (Lipinski definition) is 1. The first-order valence-corrected chi connectivity index (χ1v) is 11.5. The Hall–Kier alpha value is -3.59. The second-order valence-corrected chi connectivity index (χ2v) is 9.04. The molecule has 8 nitrogen and oxygen atoms in total. The smallest absolute Gasteiger partial charge is 0.258 e. The number of allylic oxidation sites excluding steroid dienone is 1. The minimum absolute atomic E-state index is 0.211. The molecule has 3 heterocycles. The number of methoxy groups -OCH3 is 1. The Labute approximate surface area is 203 Å². The van der Waals surface area contributed by atoms with Gasteiger partial charge < -0.3 is 29.0 Å². The van der Waals surface area contributed by atoms with Gasteiger partial charge in [0.1, 0.15) is 5.75 Å². The normalized spacial score (nSPS) is 17.4. The Morgan fingerprint density at radius 3 is 2.65 bits per heavy atom. The highest BCUT2D eigenvalue weighted by atomic mass is 32.1. The van der Waals surface area contributed by atoms with Crippen molar-refractivity contribution in [2.45, 2.75) is 26.8 Å². The fourth-order valence-electron chi connectivity index (χ4n) is 4.18. The van der Waals surface area contributed by atoms with E-state index in [2.05, 4.69) is 29.2 Å². The average Bonchev–Trinajstić information content (AvgIpc) is 3.50. The van der Waals surface area contributed by atoms with Gasteiger partial charge in [-0.3, -0.25) is 0 Å². The molecule has 5 rings (SSSR count). The summed E-state index contributed by atoms with van der Waals surface area (Å²) in [4.78, 5) is 6.86. The first-order valence-electron chi connectivity index (χ1n) is 11.1. The molecule has 1 unspecified atom stereocenters. The van der Waals surface area contributed by atoms with Crippen LogP contribution in [0.25, 0.3) is 17.0 Å². The largest absolute Gasteiger partial charge is 0.497 e. The van der Waals surface area contributed by atoms with Gasteiger partial charge >= 0.3 is 0 Å². The summed E-state index contributed by atoms with van der Waals surface area (Å²) in [5, 5.41) is 8.42. The number of nitrogens with one attached hydrogen (secondary N) is 1. The lowest BCUT2D eigenvalue weighted by Crippen LogP contribution is -2.47. The lowest BCUT2D eigenvalue weighted by molar-refractivity contribution is 0.174. The summed E-state index contributed by atoms with van der Waals surface area (Å²) in [5.41, 5.74) is 3.68. The number of thiocarbonyl (C=S) groups is 1. The third-order valence-electron chi connectivity index (χ3n) is 5.88. The van der Waals surface area contributed by atoms with Crippen molar-refractivity contribution in [1.29, 1.82) is 0 Å². The summed E-state index contributed by atoms with van der Waals surface area (Å²) in [5.74, 6) is 3.50. The molecule has 0 amide bonds. The number of ether oxygens (including phenoxy) is 3. The van der Waals surface area contributed by atoms with Crippen molar-refractivity contribution >= 4 is 22.9 Å². The zero-order valence-electron chi connectivity index (χ0n) is 19.5. The van der Waals surface area contributed by atoms with Crippen LogP contribution in [-0.2, 0) is 0 Å². The van der Waals surface area contributed by atoms with Crippen LogP contribution in [0.1, 0.15) is 38.3 Å². The van der Waals surface area contributed by atoms with Gasteiger partial charge in [-0.2, -0.15) is 4.98 Å². The molecule has 3 aromatic rings. The van der Waals surface area contributed by atoms with Gasteiger partial charge in [0.25, 0.3) is 5.89 Å². The molecular formula is C25H26N4O4S. The molecule has 0 bridgehead atoms. The Kier molecular flexibility index (Phi) is 5.87. The van der Waals surface area contributed by atoms with E-state index < -0.39 is 0 Å². The van der Waals surface area contributed by atoms with Crippen LogP contribution in [-0.4, -0.2) is 40.6 Å². The fourth-order valence-corrected chi connectivity index (χ4v) is 4.50. The lowest BCUT2D eigenvalue weighted by atomic mass is 9.94. The molecule has 1 aromatic heterocycles. The summed E-state index contributed by atoms with van der Waals surface area (Å²) in [6.45, 7) is 7.36. The van der Waals surface area contributed by atoms with E-state index in [1.165, 1.54) is 0 Å². The van der Waals surface area contributed by atoms with E-state index in [1.807, 2.05) is 49.4 Å². The molecule has 176 valence electrons. The van der Waals surface area contributed by atoms with Crippen molar-refractivity contribution in [2.75, 3.05) is 20.4 Å². The first-order chi connectivity index (χ1) is 16.4. The second kappa shape index (κ2) is 8.98.